The first-order chi connectivity index (χ1) is 25.6. The Bertz CT molecular complexity index is 968. The van der Waals surface area contributed by atoms with Crippen LogP contribution in [-0.2, 0) is 28.6 Å². The van der Waals surface area contributed by atoms with Crippen LogP contribution < -0.4 is 0 Å². The van der Waals surface area contributed by atoms with Crippen LogP contribution >= 0.6 is 0 Å². The minimum atomic E-state index is -0.879. The van der Waals surface area contributed by atoms with E-state index in [2.05, 4.69) is 50.3 Å². The number of allylic oxidation sites excluding steroid dienone is 6. The lowest BCUT2D eigenvalue weighted by atomic mass is 10.1. The van der Waals surface area contributed by atoms with Gasteiger partial charge in [0.25, 0.3) is 0 Å². The maximum atomic E-state index is 12.7. The fourth-order valence-corrected chi connectivity index (χ4v) is 6.11. The van der Waals surface area contributed by atoms with E-state index < -0.39 is 18.1 Å². The van der Waals surface area contributed by atoms with E-state index in [0.29, 0.717) is 19.3 Å². The molecule has 0 aromatic rings. The van der Waals surface area contributed by atoms with Crippen LogP contribution in [0.1, 0.15) is 181 Å². The van der Waals surface area contributed by atoms with Gasteiger partial charge in [0.2, 0.25) is 0 Å². The molecule has 0 aliphatic carbocycles. The third-order valence-corrected chi connectivity index (χ3v) is 9.51. The van der Waals surface area contributed by atoms with Crippen molar-refractivity contribution in [3.8, 4) is 0 Å². The van der Waals surface area contributed by atoms with E-state index in [4.69, 9.17) is 14.2 Å². The van der Waals surface area contributed by atoms with Crippen molar-refractivity contribution in [2.45, 2.75) is 193 Å². The first-order valence-electron chi connectivity index (χ1n) is 21.5. The molecule has 0 rings (SSSR count). The van der Waals surface area contributed by atoms with Crippen molar-refractivity contribution in [2.24, 2.45) is 0 Å². The summed E-state index contributed by atoms with van der Waals surface area (Å²) < 4.78 is 17.2. The molecule has 53 heavy (non-hydrogen) atoms. The smallest absolute Gasteiger partial charge is 0.362 e. The monoisotopic (exact) mass is 749 g/mol. The van der Waals surface area contributed by atoms with Gasteiger partial charge in [-0.1, -0.05) is 127 Å². The summed E-state index contributed by atoms with van der Waals surface area (Å²) in [7, 11) is 5.51. The van der Waals surface area contributed by atoms with Gasteiger partial charge in [0.05, 0.1) is 34.4 Å². The van der Waals surface area contributed by atoms with Crippen molar-refractivity contribution in [1.29, 1.82) is 0 Å². The average Bonchev–Trinajstić information content (AvgIpc) is 3.11. The minimum absolute atomic E-state index is 0.0535. The third kappa shape index (κ3) is 35.0. The Morgan fingerprint density at radius 1 is 0.566 bits per heavy atom. The summed E-state index contributed by atoms with van der Waals surface area (Å²) in [6.45, 7) is 4.68. The molecular formula is C45H82NO7+. The number of unbranched alkanes of at least 4 members (excludes halogenated alkanes) is 18. The molecule has 0 spiro atoms. The van der Waals surface area contributed by atoms with E-state index in [0.717, 1.165) is 77.0 Å². The van der Waals surface area contributed by atoms with E-state index >= 15 is 0 Å². The summed E-state index contributed by atoms with van der Waals surface area (Å²) >= 11 is 0. The van der Waals surface area contributed by atoms with Gasteiger partial charge in [-0.25, -0.2) is 4.79 Å². The number of ether oxygens (including phenoxy) is 3. The molecule has 0 aliphatic rings. The van der Waals surface area contributed by atoms with Crippen LogP contribution in [0.15, 0.2) is 36.5 Å². The standard InChI is InChI=1S/C45H81NO7/c1-6-8-10-12-14-16-18-20-21-22-24-26-28-30-32-34-36-44(48)53-41(39-51-38-37-42(45(49)50)46(3,4)5)40-52-43(47)35-33-31-29-27-25-23-19-17-15-13-11-9-7-2/h16-19,21-22,41-42H,6-15,20,23-40H2,1-5H3/p+1/b18-16-,19-17-,22-21-. The molecule has 8 heteroatoms. The van der Waals surface area contributed by atoms with Gasteiger partial charge in [-0.15, -0.1) is 0 Å². The van der Waals surface area contributed by atoms with Crippen molar-refractivity contribution in [3.63, 3.8) is 0 Å². The van der Waals surface area contributed by atoms with Gasteiger partial charge in [0.1, 0.15) is 6.61 Å². The summed E-state index contributed by atoms with van der Waals surface area (Å²) in [5.74, 6) is -1.50. The largest absolute Gasteiger partial charge is 0.477 e. The average molecular weight is 749 g/mol. The predicted octanol–water partition coefficient (Wildman–Crippen LogP) is 11.5. The number of esters is 2. The molecule has 0 saturated heterocycles. The molecule has 0 bridgehead atoms. The third-order valence-electron chi connectivity index (χ3n) is 9.51. The topological polar surface area (TPSA) is 99.1 Å². The molecule has 308 valence electrons. The van der Waals surface area contributed by atoms with Crippen LogP contribution in [0.3, 0.4) is 0 Å². The molecule has 0 heterocycles. The highest BCUT2D eigenvalue weighted by Gasteiger charge is 2.31. The zero-order valence-electron chi connectivity index (χ0n) is 35.0. The second kappa shape index (κ2) is 36.5. The molecule has 2 unspecified atom stereocenters. The van der Waals surface area contributed by atoms with Crippen molar-refractivity contribution >= 4 is 17.9 Å². The number of hydrogen-bond acceptors (Lipinski definition) is 6. The first kappa shape index (κ1) is 50.5. The number of nitrogens with zero attached hydrogens (tertiary/aromatic N) is 1. The number of aliphatic carboxylic acids is 1. The fraction of sp³-hybridized carbons (Fsp3) is 0.800. The SMILES string of the molecule is CCCCCC/C=C\C/C=C\CCCCCCCC(=O)OC(COCCC(C(=O)O)[N+](C)(C)C)COC(=O)CCCCCCC/C=C\CCCCCC. The quantitative estimate of drug-likeness (QED) is 0.0290. The van der Waals surface area contributed by atoms with Gasteiger partial charge in [-0.05, 0) is 70.6 Å². The number of hydrogen-bond donors (Lipinski definition) is 1. The van der Waals surface area contributed by atoms with Gasteiger partial charge in [0.15, 0.2) is 12.1 Å². The molecule has 2 atom stereocenters. The van der Waals surface area contributed by atoms with Crippen LogP contribution in [0.25, 0.3) is 0 Å². The van der Waals surface area contributed by atoms with Gasteiger partial charge < -0.3 is 23.8 Å². The fourth-order valence-electron chi connectivity index (χ4n) is 6.11. The van der Waals surface area contributed by atoms with E-state index in [1.807, 2.05) is 21.1 Å². The van der Waals surface area contributed by atoms with Crippen molar-refractivity contribution in [1.82, 2.24) is 0 Å². The number of carboxylic acids is 1. The molecule has 0 aliphatic heterocycles. The maximum absolute atomic E-state index is 12.7. The Morgan fingerprint density at radius 3 is 1.47 bits per heavy atom. The molecule has 0 saturated carbocycles. The molecular weight excluding hydrogens is 666 g/mol. The van der Waals surface area contributed by atoms with Gasteiger partial charge in [0, 0.05) is 19.3 Å². The van der Waals surface area contributed by atoms with Crippen LogP contribution in [0.4, 0.5) is 0 Å². The number of carbonyl (C=O) groups excluding carboxylic acids is 2. The zero-order valence-corrected chi connectivity index (χ0v) is 35.0. The summed E-state index contributed by atoms with van der Waals surface area (Å²) in [5.41, 5.74) is 0. The Morgan fingerprint density at radius 2 is 1.00 bits per heavy atom. The van der Waals surface area contributed by atoms with E-state index in [-0.39, 0.29) is 36.2 Å². The van der Waals surface area contributed by atoms with Crippen LogP contribution in [0.5, 0.6) is 0 Å². The van der Waals surface area contributed by atoms with E-state index in [9.17, 15) is 19.5 Å². The number of quaternary nitrogens is 1. The Balaban J connectivity index is 4.40. The molecule has 0 aromatic heterocycles. The summed E-state index contributed by atoms with van der Waals surface area (Å²) in [4.78, 5) is 36.9. The van der Waals surface area contributed by atoms with Crippen molar-refractivity contribution in [2.75, 3.05) is 41.0 Å². The Kier molecular flexibility index (Phi) is 34.8. The molecule has 1 N–H and O–H groups in total. The second-order valence-electron chi connectivity index (χ2n) is 15.6. The molecule has 0 aromatic carbocycles. The minimum Gasteiger partial charge on any atom is -0.477 e. The van der Waals surface area contributed by atoms with Crippen molar-refractivity contribution in [3.05, 3.63) is 36.5 Å². The van der Waals surface area contributed by atoms with Crippen molar-refractivity contribution < 1.29 is 38.2 Å². The maximum Gasteiger partial charge on any atom is 0.362 e. The zero-order chi connectivity index (χ0) is 39.3. The summed E-state index contributed by atoms with van der Waals surface area (Å²) in [6, 6.07) is -0.617. The molecule has 0 radical (unpaired) electrons. The van der Waals surface area contributed by atoms with E-state index in [1.165, 1.54) is 70.6 Å². The van der Waals surface area contributed by atoms with Gasteiger partial charge in [-0.3, -0.25) is 9.59 Å². The lowest BCUT2D eigenvalue weighted by Crippen LogP contribution is -2.50. The van der Waals surface area contributed by atoms with Gasteiger partial charge >= 0.3 is 17.9 Å². The number of likely N-dealkylation sites (N-methyl/N-ethyl adjacent to an activating group) is 1. The highest BCUT2D eigenvalue weighted by atomic mass is 16.6. The Hall–Kier alpha value is -2.45. The number of carbonyl (C=O) groups is 3. The van der Waals surface area contributed by atoms with E-state index in [1.54, 1.807) is 0 Å². The number of rotatable bonds is 38. The van der Waals surface area contributed by atoms with Gasteiger partial charge in [-0.2, -0.15) is 0 Å². The molecule has 0 amide bonds. The highest BCUT2D eigenvalue weighted by Crippen LogP contribution is 2.13. The van der Waals surface area contributed by atoms with Crippen LogP contribution in [-0.4, -0.2) is 80.6 Å². The lowest BCUT2D eigenvalue weighted by molar-refractivity contribution is -0.887. The van der Waals surface area contributed by atoms with Crippen LogP contribution in [0.2, 0.25) is 0 Å². The van der Waals surface area contributed by atoms with Crippen LogP contribution in [0, 0.1) is 0 Å². The molecule has 8 nitrogen and oxygen atoms in total. The predicted molar refractivity (Wildman–Crippen MR) is 220 cm³/mol. The second-order valence-corrected chi connectivity index (χ2v) is 15.6. The summed E-state index contributed by atoms with van der Waals surface area (Å²) in [6.07, 6.45) is 40.3. The first-order valence-corrected chi connectivity index (χ1v) is 21.5. The molecule has 0 fully saturated rings. The lowest BCUT2D eigenvalue weighted by Gasteiger charge is -2.31. The summed E-state index contributed by atoms with van der Waals surface area (Å²) in [5, 5.41) is 9.61. The number of carboxylic acid groups (broad SMARTS) is 1. The normalized spacial score (nSPS) is 13.3. The Labute approximate surface area is 325 Å². The highest BCUT2D eigenvalue weighted by molar-refractivity contribution is 5.72.